The number of benzene rings is 1. The molecular formula is C13H16N4O4S. The zero-order valence-corrected chi connectivity index (χ0v) is 12.7. The highest BCUT2D eigenvalue weighted by Crippen LogP contribution is 2.12. The average Bonchev–Trinajstić information content (AvgIpc) is 2.53. The Kier molecular flexibility index (Phi) is 5.75. The van der Waals surface area contributed by atoms with Gasteiger partial charge in [0, 0.05) is 5.69 Å². The predicted octanol–water partition coefficient (Wildman–Crippen LogP) is -0.347. The van der Waals surface area contributed by atoms with Gasteiger partial charge in [-0.1, -0.05) is 0 Å². The molecule has 4 N–H and O–H groups in total. The molecule has 0 aliphatic carbocycles. The van der Waals surface area contributed by atoms with Gasteiger partial charge in [0.25, 0.3) is 0 Å². The van der Waals surface area contributed by atoms with E-state index in [2.05, 4.69) is 26.2 Å². The summed E-state index contributed by atoms with van der Waals surface area (Å²) in [5.74, 6) is -0.606. The third-order valence-corrected chi connectivity index (χ3v) is 3.74. The van der Waals surface area contributed by atoms with E-state index in [4.69, 9.17) is 0 Å². The van der Waals surface area contributed by atoms with Crippen LogP contribution in [0.3, 0.4) is 0 Å². The molecule has 1 aliphatic heterocycles. The SMILES string of the molecule is COC(=O)c1ccc(NC(=O)CSC2NNCC(=O)N2)cc1. The molecule has 1 unspecified atom stereocenters. The Hall–Kier alpha value is -2.10. The van der Waals surface area contributed by atoms with Gasteiger partial charge in [0.15, 0.2) is 0 Å². The van der Waals surface area contributed by atoms with Gasteiger partial charge in [-0.05, 0) is 24.3 Å². The van der Waals surface area contributed by atoms with E-state index in [9.17, 15) is 14.4 Å². The normalized spacial score (nSPS) is 17.5. The fourth-order valence-corrected chi connectivity index (χ4v) is 2.48. The van der Waals surface area contributed by atoms with Gasteiger partial charge in [-0.25, -0.2) is 15.6 Å². The molecule has 22 heavy (non-hydrogen) atoms. The van der Waals surface area contributed by atoms with Crippen LogP contribution in [0.5, 0.6) is 0 Å². The molecule has 0 radical (unpaired) electrons. The van der Waals surface area contributed by atoms with Gasteiger partial charge in [-0.3, -0.25) is 9.59 Å². The van der Waals surface area contributed by atoms with Crippen LogP contribution in [0.4, 0.5) is 5.69 Å². The van der Waals surface area contributed by atoms with Crippen molar-refractivity contribution in [3.8, 4) is 0 Å². The van der Waals surface area contributed by atoms with Gasteiger partial charge in [-0.15, -0.1) is 11.8 Å². The van der Waals surface area contributed by atoms with Crippen LogP contribution in [0, 0.1) is 0 Å². The first-order chi connectivity index (χ1) is 10.6. The quantitative estimate of drug-likeness (QED) is 0.548. The Bertz CT molecular complexity index is 564. The van der Waals surface area contributed by atoms with Crippen LogP contribution >= 0.6 is 11.8 Å². The number of thioether (sulfide) groups is 1. The maximum Gasteiger partial charge on any atom is 0.337 e. The number of rotatable bonds is 5. The van der Waals surface area contributed by atoms with E-state index in [0.29, 0.717) is 11.3 Å². The van der Waals surface area contributed by atoms with Crippen molar-refractivity contribution >= 4 is 35.2 Å². The van der Waals surface area contributed by atoms with E-state index in [1.165, 1.54) is 18.9 Å². The molecule has 1 fully saturated rings. The van der Waals surface area contributed by atoms with Gasteiger partial charge in [0.05, 0.1) is 25.0 Å². The third-order valence-electron chi connectivity index (χ3n) is 2.75. The third kappa shape index (κ3) is 4.72. The highest BCUT2D eigenvalue weighted by atomic mass is 32.2. The first-order valence-electron chi connectivity index (χ1n) is 6.46. The molecule has 0 aromatic heterocycles. The van der Waals surface area contributed by atoms with Gasteiger partial charge in [-0.2, -0.15) is 0 Å². The molecule has 2 amide bonds. The first kappa shape index (κ1) is 16.3. The second-order valence-electron chi connectivity index (χ2n) is 4.37. The molecule has 1 heterocycles. The van der Waals surface area contributed by atoms with E-state index >= 15 is 0 Å². The molecule has 2 rings (SSSR count). The average molecular weight is 324 g/mol. The Morgan fingerprint density at radius 3 is 2.73 bits per heavy atom. The molecule has 118 valence electrons. The zero-order valence-electron chi connectivity index (χ0n) is 11.8. The second-order valence-corrected chi connectivity index (χ2v) is 5.47. The lowest BCUT2D eigenvalue weighted by atomic mass is 10.2. The number of nitrogens with one attached hydrogen (secondary N) is 4. The van der Waals surface area contributed by atoms with Crippen molar-refractivity contribution in [3.63, 3.8) is 0 Å². The number of methoxy groups -OCH3 is 1. The summed E-state index contributed by atoms with van der Waals surface area (Å²) in [5, 5.41) is 5.39. The molecule has 1 aromatic rings. The Labute approximate surface area is 131 Å². The number of carbonyl (C=O) groups excluding carboxylic acids is 3. The Balaban J connectivity index is 1.79. The second kappa shape index (κ2) is 7.78. The van der Waals surface area contributed by atoms with E-state index < -0.39 is 5.97 Å². The summed E-state index contributed by atoms with van der Waals surface area (Å²) < 4.78 is 4.59. The summed E-state index contributed by atoms with van der Waals surface area (Å²) in [7, 11) is 1.31. The Morgan fingerprint density at radius 2 is 2.09 bits per heavy atom. The molecule has 0 spiro atoms. The Morgan fingerprint density at radius 1 is 1.36 bits per heavy atom. The van der Waals surface area contributed by atoms with Crippen molar-refractivity contribution in [1.29, 1.82) is 0 Å². The molecule has 1 aromatic carbocycles. The van der Waals surface area contributed by atoms with Gasteiger partial charge < -0.3 is 15.4 Å². The number of carbonyl (C=O) groups is 3. The minimum Gasteiger partial charge on any atom is -0.465 e. The van der Waals surface area contributed by atoms with Crippen molar-refractivity contribution in [2.75, 3.05) is 24.7 Å². The maximum atomic E-state index is 11.8. The van der Waals surface area contributed by atoms with E-state index in [0.717, 1.165) is 0 Å². The van der Waals surface area contributed by atoms with Crippen molar-refractivity contribution in [2.24, 2.45) is 0 Å². The lowest BCUT2D eigenvalue weighted by Crippen LogP contribution is -2.58. The van der Waals surface area contributed by atoms with E-state index in [-0.39, 0.29) is 29.6 Å². The summed E-state index contributed by atoms with van der Waals surface area (Å²) in [6.07, 6.45) is 0. The number of esters is 1. The smallest absolute Gasteiger partial charge is 0.337 e. The zero-order chi connectivity index (χ0) is 15.9. The maximum absolute atomic E-state index is 11.8. The fourth-order valence-electron chi connectivity index (χ4n) is 1.70. The molecule has 0 saturated carbocycles. The van der Waals surface area contributed by atoms with Gasteiger partial charge in [0.2, 0.25) is 11.8 Å². The minimum atomic E-state index is -0.431. The number of hydrazine groups is 1. The number of ether oxygens (including phenoxy) is 1. The van der Waals surface area contributed by atoms with Crippen molar-refractivity contribution in [1.82, 2.24) is 16.2 Å². The van der Waals surface area contributed by atoms with Crippen LogP contribution in [-0.2, 0) is 14.3 Å². The van der Waals surface area contributed by atoms with Gasteiger partial charge >= 0.3 is 5.97 Å². The molecule has 8 nitrogen and oxygen atoms in total. The topological polar surface area (TPSA) is 109 Å². The molecule has 1 saturated heterocycles. The van der Waals surface area contributed by atoms with Crippen LogP contribution in [0.15, 0.2) is 24.3 Å². The fraction of sp³-hybridized carbons (Fsp3) is 0.308. The molecule has 0 bridgehead atoms. The van der Waals surface area contributed by atoms with Crippen molar-refractivity contribution < 1.29 is 19.1 Å². The molecule has 1 aliphatic rings. The standard InChI is InChI=1S/C13H16N4O4S/c1-21-12(20)8-2-4-9(5-3-8)15-11(19)7-22-13-16-10(18)6-14-17-13/h2-5,13-14,17H,6-7H2,1H3,(H,15,19)(H,16,18). The number of anilines is 1. The van der Waals surface area contributed by atoms with Crippen LogP contribution in [0.25, 0.3) is 0 Å². The summed E-state index contributed by atoms with van der Waals surface area (Å²) in [4.78, 5) is 34.3. The first-order valence-corrected chi connectivity index (χ1v) is 7.51. The number of hydrogen-bond donors (Lipinski definition) is 4. The molecular weight excluding hydrogens is 308 g/mol. The van der Waals surface area contributed by atoms with Crippen LogP contribution in [0.2, 0.25) is 0 Å². The largest absolute Gasteiger partial charge is 0.465 e. The van der Waals surface area contributed by atoms with E-state index in [1.54, 1.807) is 24.3 Å². The lowest BCUT2D eigenvalue weighted by Gasteiger charge is -2.24. The summed E-state index contributed by atoms with van der Waals surface area (Å²) in [6.45, 7) is 0.204. The number of hydrogen-bond acceptors (Lipinski definition) is 7. The van der Waals surface area contributed by atoms with Crippen LogP contribution < -0.4 is 21.5 Å². The number of amides is 2. The summed E-state index contributed by atoms with van der Waals surface area (Å²) >= 11 is 1.25. The van der Waals surface area contributed by atoms with E-state index in [1.807, 2.05) is 0 Å². The lowest BCUT2D eigenvalue weighted by molar-refractivity contribution is -0.122. The highest BCUT2D eigenvalue weighted by Gasteiger charge is 2.18. The summed E-state index contributed by atoms with van der Waals surface area (Å²) in [5.41, 5.74) is 6.21. The van der Waals surface area contributed by atoms with Gasteiger partial charge in [0.1, 0.15) is 5.50 Å². The highest BCUT2D eigenvalue weighted by molar-refractivity contribution is 8.00. The monoisotopic (exact) mass is 324 g/mol. The van der Waals surface area contributed by atoms with Crippen LogP contribution in [0.1, 0.15) is 10.4 Å². The van der Waals surface area contributed by atoms with Crippen LogP contribution in [-0.4, -0.2) is 42.7 Å². The minimum absolute atomic E-state index is 0.130. The molecule has 1 atom stereocenters. The van der Waals surface area contributed by atoms with Crippen molar-refractivity contribution in [2.45, 2.75) is 5.50 Å². The molecule has 9 heteroatoms. The summed E-state index contributed by atoms with van der Waals surface area (Å²) in [6, 6.07) is 6.39. The predicted molar refractivity (Wildman–Crippen MR) is 81.9 cm³/mol. The van der Waals surface area contributed by atoms with Crippen molar-refractivity contribution in [3.05, 3.63) is 29.8 Å².